The van der Waals surface area contributed by atoms with Crippen LogP contribution in [0.3, 0.4) is 0 Å². The maximum atomic E-state index is 4.78. The van der Waals surface area contributed by atoms with Crippen LogP contribution >= 0.6 is 0 Å². The van der Waals surface area contributed by atoms with Crippen molar-refractivity contribution in [3.63, 3.8) is 0 Å². The predicted molar refractivity (Wildman–Crippen MR) is 57.2 cm³/mol. The van der Waals surface area contributed by atoms with Gasteiger partial charge in [0, 0.05) is 21.1 Å². The zero-order valence-corrected chi connectivity index (χ0v) is 10.7. The van der Waals surface area contributed by atoms with Gasteiger partial charge in [0.05, 0.1) is 0 Å². The largest absolute Gasteiger partial charge is 0.293 e. The Bertz CT molecular complexity index is 96.7. The van der Waals surface area contributed by atoms with Gasteiger partial charge in [-0.05, 0) is 0 Å². The molecule has 0 atom stereocenters. The Balaban J connectivity index is -0.0000000450. The second-order valence-electron chi connectivity index (χ2n) is 1.28. The molecule has 0 rings (SSSR count). The number of hydrogen-bond donors (Lipinski definition) is 0. The quantitative estimate of drug-likeness (QED) is 0.544. The summed E-state index contributed by atoms with van der Waals surface area (Å²) in [5, 5.41) is 0. The molecule has 0 radical (unpaired) electrons. The monoisotopic (exact) mass is 343 g/mol. The normalized spacial score (nSPS) is 4.62. The molecule has 0 aromatic rings. The van der Waals surface area contributed by atoms with Crippen molar-refractivity contribution >= 4 is 0 Å². The van der Waals surface area contributed by atoms with Crippen LogP contribution in [0.15, 0.2) is 56.2 Å². The molecule has 0 aromatic heterocycles. The van der Waals surface area contributed by atoms with Crippen LogP contribution in [0.25, 0.3) is 0 Å². The smallest absolute Gasteiger partial charge is 0 e. The fraction of sp³-hybridized carbons (Fsp3) is 0. The summed E-state index contributed by atoms with van der Waals surface area (Å²) < 4.78 is 0. The molecule has 0 aliphatic carbocycles. The van der Waals surface area contributed by atoms with Crippen LogP contribution in [0.4, 0.5) is 0 Å². The van der Waals surface area contributed by atoms with Crippen LogP contribution < -0.4 is 0 Å². The van der Waals surface area contributed by atoms with Gasteiger partial charge in [-0.25, -0.2) is 36.5 Å². The first kappa shape index (κ1) is 22.7. The molecule has 0 aliphatic heterocycles. The minimum absolute atomic E-state index is 0. The van der Waals surface area contributed by atoms with Gasteiger partial charge in [-0.2, -0.15) is 19.7 Å². The van der Waals surface area contributed by atoms with E-state index in [2.05, 4.69) is 19.7 Å². The molecule has 0 nitrogen and oxygen atoms in total. The number of rotatable bonds is 3. The van der Waals surface area contributed by atoms with Crippen molar-refractivity contribution in [2.75, 3.05) is 0 Å². The third kappa shape index (κ3) is 205. The van der Waals surface area contributed by atoms with Gasteiger partial charge in [-0.1, -0.05) is 0 Å². The summed E-state index contributed by atoms with van der Waals surface area (Å²) in [6.45, 7) is 24.2. The van der Waals surface area contributed by atoms with Gasteiger partial charge < -0.3 is 0 Å². The van der Waals surface area contributed by atoms with E-state index in [1.807, 2.05) is 0 Å². The van der Waals surface area contributed by atoms with Crippen LogP contribution in [-0.4, -0.2) is 0 Å². The van der Waals surface area contributed by atoms with E-state index >= 15 is 0 Å². The zero-order chi connectivity index (χ0) is 10.2. The summed E-state index contributed by atoms with van der Waals surface area (Å²) in [6, 6.07) is 0. The molecule has 0 fully saturated rings. The van der Waals surface area contributed by atoms with Crippen molar-refractivity contribution in [2.24, 2.45) is 0 Å². The Morgan fingerprint density at radius 1 is 0.615 bits per heavy atom. The Hall–Kier alpha value is -0.872. The molecule has 0 heterocycles. The molecule has 0 saturated heterocycles. The summed E-state index contributed by atoms with van der Waals surface area (Å²) >= 11 is 0. The molecule has 0 saturated carbocycles. The second kappa shape index (κ2) is 43.4. The first-order valence-corrected chi connectivity index (χ1v) is 3.22. The van der Waals surface area contributed by atoms with Gasteiger partial charge in [0.2, 0.25) is 0 Å². The van der Waals surface area contributed by atoms with Gasteiger partial charge in [0.15, 0.2) is 0 Å². The Labute approximate surface area is 97.0 Å². The van der Waals surface area contributed by atoms with Gasteiger partial charge in [-0.15, -0.1) is 0 Å². The average Bonchev–Trinajstić information content (AvgIpc) is 2.18. The fourth-order valence-corrected chi connectivity index (χ4v) is 0. The Kier molecular flexibility index (Phi) is 75.9. The molecule has 72 valence electrons. The Morgan fingerprint density at radius 3 is 0.692 bits per heavy atom. The predicted octanol–water partition coefficient (Wildman–Crippen LogP) is 3.48. The van der Waals surface area contributed by atoms with E-state index in [9.17, 15) is 0 Å². The molecular formula is C12H15W-3. The van der Waals surface area contributed by atoms with Crippen molar-refractivity contribution in [3.8, 4) is 0 Å². The number of allylic oxidation sites excluding steroid dienone is 6. The second-order valence-corrected chi connectivity index (χ2v) is 1.28. The first-order chi connectivity index (χ1) is 5.74. The summed E-state index contributed by atoms with van der Waals surface area (Å²) in [6.07, 6.45) is 8.75. The van der Waals surface area contributed by atoms with Crippen LogP contribution in [0.5, 0.6) is 0 Å². The third-order valence-electron chi connectivity index (χ3n) is 0.408. The van der Waals surface area contributed by atoms with E-state index in [0.717, 1.165) is 0 Å². The zero-order valence-electron chi connectivity index (χ0n) is 7.73. The molecule has 13 heavy (non-hydrogen) atoms. The van der Waals surface area contributed by atoms with Gasteiger partial charge in [-0.3, -0.25) is 19.7 Å². The van der Waals surface area contributed by atoms with E-state index in [-0.39, 0.29) is 21.1 Å². The van der Waals surface area contributed by atoms with Crippen molar-refractivity contribution in [3.05, 3.63) is 75.9 Å². The Morgan fingerprint density at radius 2 is 0.692 bits per heavy atom. The van der Waals surface area contributed by atoms with Crippen LogP contribution in [0, 0.1) is 19.7 Å². The SMILES string of the molecule is [CH-]=CC=C.[CH-]=CC=C.[CH-]=CC=C.[W]. The molecule has 0 N–H and O–H groups in total. The maximum absolute atomic E-state index is 4.78. The van der Waals surface area contributed by atoms with E-state index < -0.39 is 0 Å². The summed E-state index contributed by atoms with van der Waals surface area (Å²) in [4.78, 5) is 0. The molecule has 0 unspecified atom stereocenters. The van der Waals surface area contributed by atoms with E-state index in [0.29, 0.717) is 0 Å². The summed E-state index contributed by atoms with van der Waals surface area (Å²) in [7, 11) is 0. The topological polar surface area (TPSA) is 0 Å². The third-order valence-corrected chi connectivity index (χ3v) is 0.408. The summed E-state index contributed by atoms with van der Waals surface area (Å²) in [5.41, 5.74) is 0. The van der Waals surface area contributed by atoms with Crippen LogP contribution in [-0.2, 0) is 21.1 Å². The summed E-state index contributed by atoms with van der Waals surface area (Å²) in [5.74, 6) is 0. The van der Waals surface area contributed by atoms with E-state index in [1.165, 1.54) is 36.5 Å². The molecule has 0 spiro atoms. The van der Waals surface area contributed by atoms with Gasteiger partial charge >= 0.3 is 0 Å². The first-order valence-electron chi connectivity index (χ1n) is 3.22. The molecule has 0 aliphatic rings. The molecule has 0 amide bonds. The van der Waals surface area contributed by atoms with E-state index in [1.54, 1.807) is 0 Å². The van der Waals surface area contributed by atoms with Crippen LogP contribution in [0.2, 0.25) is 0 Å². The van der Waals surface area contributed by atoms with Crippen molar-refractivity contribution in [1.82, 2.24) is 0 Å². The molecule has 0 bridgehead atoms. The van der Waals surface area contributed by atoms with Gasteiger partial charge in [0.1, 0.15) is 0 Å². The fourth-order valence-electron chi connectivity index (χ4n) is 0. The van der Waals surface area contributed by atoms with Gasteiger partial charge in [0.25, 0.3) is 0 Å². The molecule has 1 heteroatoms. The van der Waals surface area contributed by atoms with Crippen LogP contribution in [0.1, 0.15) is 0 Å². The average molecular weight is 343 g/mol. The van der Waals surface area contributed by atoms with Crippen molar-refractivity contribution in [2.45, 2.75) is 0 Å². The van der Waals surface area contributed by atoms with Crippen molar-refractivity contribution < 1.29 is 21.1 Å². The minimum Gasteiger partial charge on any atom is -0.293 e. The minimum atomic E-state index is 0. The maximum Gasteiger partial charge on any atom is 0 e. The van der Waals surface area contributed by atoms with Crippen molar-refractivity contribution in [1.29, 1.82) is 0 Å². The number of hydrogen-bond acceptors (Lipinski definition) is 0. The molecular weight excluding hydrogens is 328 g/mol. The molecule has 0 aromatic carbocycles. The van der Waals surface area contributed by atoms with E-state index in [4.69, 9.17) is 19.7 Å². The standard InChI is InChI=1S/3C4H5.W/c3*1-3-4-2;/h3*1,3-4H,2H2;/q3*-1;.